The number of benzene rings is 2. The van der Waals surface area contributed by atoms with Crippen molar-refractivity contribution in [2.45, 2.75) is 24.6 Å². The van der Waals surface area contributed by atoms with Crippen molar-refractivity contribution in [3.05, 3.63) is 75.3 Å². The van der Waals surface area contributed by atoms with Gasteiger partial charge >= 0.3 is 6.18 Å². The molecule has 0 unspecified atom stereocenters. The maximum absolute atomic E-state index is 13.5. The summed E-state index contributed by atoms with van der Waals surface area (Å²) in [5.41, 5.74) is 1.01. The van der Waals surface area contributed by atoms with Gasteiger partial charge in [-0.3, -0.25) is 0 Å². The summed E-state index contributed by atoms with van der Waals surface area (Å²) in [5.74, 6) is -0.305. The van der Waals surface area contributed by atoms with Crippen molar-refractivity contribution in [2.75, 3.05) is 5.32 Å². The Morgan fingerprint density at radius 2 is 1.72 bits per heavy atom. The van der Waals surface area contributed by atoms with Crippen molar-refractivity contribution in [3.63, 3.8) is 0 Å². The Bertz CT molecular complexity index is 843. The molecule has 3 atom stereocenters. The number of fused-ring (bicyclic) bond motifs is 3. The molecule has 0 fully saturated rings. The minimum Gasteiger partial charge on any atom is -0.376 e. The SMILES string of the molecule is FC(F)(F)c1ccc(Cl)c2c1[C@@H]1C=CC[C@@H]1[C@H](c1ccc(Cl)cc1)N2. The minimum absolute atomic E-state index is 0.00763. The molecule has 0 saturated carbocycles. The first kappa shape index (κ1) is 16.8. The molecule has 1 N–H and O–H groups in total. The summed E-state index contributed by atoms with van der Waals surface area (Å²) < 4.78 is 40.6. The van der Waals surface area contributed by atoms with Crippen LogP contribution in [-0.4, -0.2) is 0 Å². The van der Waals surface area contributed by atoms with E-state index < -0.39 is 11.7 Å². The Hall–Kier alpha value is -1.65. The van der Waals surface area contributed by atoms with Crippen LogP contribution in [-0.2, 0) is 6.18 Å². The van der Waals surface area contributed by atoms with E-state index >= 15 is 0 Å². The predicted molar refractivity (Wildman–Crippen MR) is 94.3 cm³/mol. The minimum atomic E-state index is -4.41. The highest BCUT2D eigenvalue weighted by Crippen LogP contribution is 2.54. The lowest BCUT2D eigenvalue weighted by Crippen LogP contribution is -2.31. The fraction of sp³-hybridized carbons (Fsp3) is 0.263. The van der Waals surface area contributed by atoms with Crippen molar-refractivity contribution in [2.24, 2.45) is 5.92 Å². The van der Waals surface area contributed by atoms with E-state index in [0.29, 0.717) is 22.2 Å². The quantitative estimate of drug-likeness (QED) is 0.531. The van der Waals surface area contributed by atoms with Crippen LogP contribution in [0.3, 0.4) is 0 Å². The van der Waals surface area contributed by atoms with E-state index in [1.54, 1.807) is 12.1 Å². The molecule has 1 aliphatic carbocycles. The van der Waals surface area contributed by atoms with Crippen LogP contribution in [0.25, 0.3) is 0 Å². The van der Waals surface area contributed by atoms with Gasteiger partial charge < -0.3 is 5.32 Å². The molecule has 0 bridgehead atoms. The van der Waals surface area contributed by atoms with Gasteiger partial charge in [-0.15, -0.1) is 0 Å². The normalized spacial score (nSPS) is 24.6. The Morgan fingerprint density at radius 3 is 2.40 bits per heavy atom. The molecule has 2 aliphatic rings. The molecule has 130 valence electrons. The van der Waals surface area contributed by atoms with Gasteiger partial charge in [-0.1, -0.05) is 47.5 Å². The number of nitrogens with one attached hydrogen (secondary N) is 1. The lowest BCUT2D eigenvalue weighted by atomic mass is 9.75. The largest absolute Gasteiger partial charge is 0.416 e. The Balaban J connectivity index is 1.87. The number of hydrogen-bond acceptors (Lipinski definition) is 1. The average molecular weight is 384 g/mol. The zero-order valence-corrected chi connectivity index (χ0v) is 14.5. The monoisotopic (exact) mass is 383 g/mol. The fourth-order valence-corrected chi connectivity index (χ4v) is 4.27. The van der Waals surface area contributed by atoms with E-state index in [1.165, 1.54) is 6.07 Å². The average Bonchev–Trinajstić information content (AvgIpc) is 3.04. The molecule has 4 rings (SSSR count). The number of hydrogen-bond donors (Lipinski definition) is 1. The van der Waals surface area contributed by atoms with E-state index in [9.17, 15) is 13.2 Å². The van der Waals surface area contributed by atoms with Crippen LogP contribution in [0.2, 0.25) is 10.0 Å². The topological polar surface area (TPSA) is 12.0 Å². The third kappa shape index (κ3) is 2.81. The first-order valence-corrected chi connectivity index (χ1v) is 8.70. The van der Waals surface area contributed by atoms with Gasteiger partial charge in [0.15, 0.2) is 0 Å². The maximum Gasteiger partial charge on any atom is 0.416 e. The molecular formula is C19H14Cl2F3N. The first-order valence-electron chi connectivity index (χ1n) is 7.94. The van der Waals surface area contributed by atoms with E-state index in [0.717, 1.165) is 11.6 Å². The summed E-state index contributed by atoms with van der Waals surface area (Å²) in [4.78, 5) is 0. The van der Waals surface area contributed by atoms with E-state index in [2.05, 4.69) is 5.32 Å². The number of anilines is 1. The predicted octanol–water partition coefficient (Wildman–Crippen LogP) is 6.84. The molecule has 0 spiro atoms. The number of halogens is 5. The number of rotatable bonds is 1. The fourth-order valence-electron chi connectivity index (χ4n) is 3.92. The van der Waals surface area contributed by atoms with Gasteiger partial charge in [0.1, 0.15) is 0 Å². The van der Waals surface area contributed by atoms with Crippen molar-refractivity contribution in [1.29, 1.82) is 0 Å². The summed E-state index contributed by atoms with van der Waals surface area (Å²) in [6, 6.07) is 9.66. The zero-order valence-electron chi connectivity index (χ0n) is 12.9. The molecule has 1 nitrogen and oxygen atoms in total. The second-order valence-corrected chi connectivity index (χ2v) is 7.25. The summed E-state index contributed by atoms with van der Waals surface area (Å²) >= 11 is 12.2. The van der Waals surface area contributed by atoms with Crippen molar-refractivity contribution < 1.29 is 13.2 Å². The van der Waals surface area contributed by atoms with Crippen LogP contribution < -0.4 is 5.32 Å². The van der Waals surface area contributed by atoms with Gasteiger partial charge in [0.05, 0.1) is 22.3 Å². The lowest BCUT2D eigenvalue weighted by Gasteiger charge is -2.39. The van der Waals surface area contributed by atoms with Gasteiger partial charge in [0, 0.05) is 10.9 Å². The third-order valence-corrected chi connectivity index (χ3v) is 5.57. The van der Waals surface area contributed by atoms with Crippen LogP contribution in [0.4, 0.5) is 18.9 Å². The standard InChI is InChI=1S/C19H14Cl2F3N/c20-11-6-4-10(5-7-11)17-13-3-1-2-12(13)16-14(19(22,23)24)8-9-15(21)18(16)25-17/h1-2,4-9,12-13,17,25H,3H2/t12-,13+,17+/m1/s1. The summed E-state index contributed by atoms with van der Waals surface area (Å²) in [6.07, 6.45) is 0.133. The Morgan fingerprint density at radius 1 is 1.00 bits per heavy atom. The molecule has 0 radical (unpaired) electrons. The zero-order chi connectivity index (χ0) is 17.8. The summed E-state index contributed by atoms with van der Waals surface area (Å²) in [5, 5.41) is 4.20. The molecule has 0 amide bonds. The van der Waals surface area contributed by atoms with Crippen LogP contribution in [0.15, 0.2) is 48.6 Å². The van der Waals surface area contributed by atoms with Gasteiger partial charge in [-0.25, -0.2) is 0 Å². The van der Waals surface area contributed by atoms with Gasteiger partial charge in [-0.05, 0) is 47.7 Å². The number of alkyl halides is 3. The third-order valence-electron chi connectivity index (χ3n) is 5.00. The van der Waals surface area contributed by atoms with Crippen LogP contribution >= 0.6 is 23.2 Å². The van der Waals surface area contributed by atoms with Gasteiger partial charge in [0.2, 0.25) is 0 Å². The van der Waals surface area contributed by atoms with Crippen LogP contribution in [0.5, 0.6) is 0 Å². The van der Waals surface area contributed by atoms with Crippen molar-refractivity contribution in [1.82, 2.24) is 0 Å². The van der Waals surface area contributed by atoms with Crippen LogP contribution in [0.1, 0.15) is 35.1 Å². The van der Waals surface area contributed by atoms with Crippen molar-refractivity contribution in [3.8, 4) is 0 Å². The molecule has 0 aromatic heterocycles. The van der Waals surface area contributed by atoms with Crippen molar-refractivity contribution >= 4 is 28.9 Å². The lowest BCUT2D eigenvalue weighted by molar-refractivity contribution is -0.138. The van der Waals surface area contributed by atoms with Gasteiger partial charge in [0.25, 0.3) is 0 Å². The highest BCUT2D eigenvalue weighted by atomic mass is 35.5. The molecule has 1 heterocycles. The second-order valence-electron chi connectivity index (χ2n) is 6.41. The van der Waals surface area contributed by atoms with E-state index in [1.807, 2.05) is 24.3 Å². The molecule has 0 saturated heterocycles. The smallest absolute Gasteiger partial charge is 0.376 e. The van der Waals surface area contributed by atoms with E-state index in [4.69, 9.17) is 23.2 Å². The molecule has 25 heavy (non-hydrogen) atoms. The molecular weight excluding hydrogens is 370 g/mol. The van der Waals surface area contributed by atoms with Crippen LogP contribution in [0, 0.1) is 5.92 Å². The molecule has 1 aliphatic heterocycles. The summed E-state index contributed by atoms with van der Waals surface area (Å²) in [7, 11) is 0. The summed E-state index contributed by atoms with van der Waals surface area (Å²) in [6.45, 7) is 0. The Labute approximate surface area is 153 Å². The highest BCUT2D eigenvalue weighted by Gasteiger charge is 2.44. The first-order chi connectivity index (χ1) is 11.9. The highest BCUT2D eigenvalue weighted by molar-refractivity contribution is 6.33. The molecule has 6 heteroatoms. The van der Waals surface area contributed by atoms with E-state index in [-0.39, 0.29) is 23.4 Å². The number of allylic oxidation sites excluding steroid dienone is 2. The Kier molecular flexibility index (Phi) is 4.00. The second kappa shape index (κ2) is 5.96. The maximum atomic E-state index is 13.5. The molecule has 2 aromatic carbocycles. The van der Waals surface area contributed by atoms with Gasteiger partial charge in [-0.2, -0.15) is 13.2 Å². The molecule has 2 aromatic rings.